The van der Waals surface area contributed by atoms with E-state index in [1.807, 2.05) is 32.2 Å². The second-order valence-corrected chi connectivity index (χ2v) is 5.16. The van der Waals surface area contributed by atoms with Crippen LogP contribution in [0.2, 0.25) is 5.02 Å². The van der Waals surface area contributed by atoms with E-state index < -0.39 is 0 Å². The molecule has 1 heterocycles. The second-order valence-electron chi connectivity index (χ2n) is 3.52. The SMILES string of the molecule is CNc1nc(-c2cc(Cl)ccc2OC)c(C)s1. The summed E-state index contributed by atoms with van der Waals surface area (Å²) >= 11 is 7.63. The number of aromatic nitrogens is 1. The second kappa shape index (κ2) is 4.94. The number of methoxy groups -OCH3 is 1. The molecular formula is C12H13ClN2OS. The first-order chi connectivity index (χ1) is 8.15. The van der Waals surface area contributed by atoms with Crippen LogP contribution in [0.1, 0.15) is 4.88 Å². The van der Waals surface area contributed by atoms with Crippen LogP contribution < -0.4 is 10.1 Å². The third kappa shape index (κ3) is 2.37. The Labute approximate surface area is 109 Å². The van der Waals surface area contributed by atoms with Crippen molar-refractivity contribution < 1.29 is 4.74 Å². The fourth-order valence-electron chi connectivity index (χ4n) is 1.62. The van der Waals surface area contributed by atoms with Gasteiger partial charge in [0.1, 0.15) is 5.75 Å². The van der Waals surface area contributed by atoms with Crippen LogP contribution in [0.15, 0.2) is 18.2 Å². The van der Waals surface area contributed by atoms with Crippen molar-refractivity contribution in [1.82, 2.24) is 4.98 Å². The van der Waals surface area contributed by atoms with Gasteiger partial charge in [-0.3, -0.25) is 0 Å². The van der Waals surface area contributed by atoms with Crippen LogP contribution in [0, 0.1) is 6.92 Å². The van der Waals surface area contributed by atoms with Crippen LogP contribution in [-0.2, 0) is 0 Å². The standard InChI is InChI=1S/C12H13ClN2OS/c1-7-11(15-12(14-2)17-7)9-6-8(13)4-5-10(9)16-3/h4-6H,1-3H3,(H,14,15). The molecular weight excluding hydrogens is 256 g/mol. The predicted molar refractivity (Wildman–Crippen MR) is 73.4 cm³/mol. The zero-order valence-electron chi connectivity index (χ0n) is 9.87. The topological polar surface area (TPSA) is 34.2 Å². The number of rotatable bonds is 3. The van der Waals surface area contributed by atoms with Crippen LogP contribution in [0.25, 0.3) is 11.3 Å². The van der Waals surface area contributed by atoms with E-state index >= 15 is 0 Å². The summed E-state index contributed by atoms with van der Waals surface area (Å²) < 4.78 is 5.34. The Morgan fingerprint density at radius 1 is 1.41 bits per heavy atom. The summed E-state index contributed by atoms with van der Waals surface area (Å²) in [6.07, 6.45) is 0. The highest BCUT2D eigenvalue weighted by molar-refractivity contribution is 7.16. The monoisotopic (exact) mass is 268 g/mol. The first kappa shape index (κ1) is 12.2. The molecule has 1 N–H and O–H groups in total. The molecule has 1 aromatic heterocycles. The quantitative estimate of drug-likeness (QED) is 0.919. The van der Waals surface area contributed by atoms with Gasteiger partial charge < -0.3 is 10.1 Å². The van der Waals surface area contributed by atoms with E-state index in [4.69, 9.17) is 16.3 Å². The molecule has 17 heavy (non-hydrogen) atoms. The molecule has 90 valence electrons. The zero-order valence-corrected chi connectivity index (χ0v) is 11.4. The van der Waals surface area contributed by atoms with Crippen molar-refractivity contribution in [2.75, 3.05) is 19.5 Å². The van der Waals surface area contributed by atoms with Gasteiger partial charge in [-0.25, -0.2) is 4.98 Å². The molecule has 0 bridgehead atoms. The van der Waals surface area contributed by atoms with Gasteiger partial charge in [0.2, 0.25) is 0 Å². The van der Waals surface area contributed by atoms with Gasteiger partial charge in [0.15, 0.2) is 5.13 Å². The number of ether oxygens (including phenoxy) is 1. The van der Waals surface area contributed by atoms with Crippen molar-refractivity contribution in [2.45, 2.75) is 6.92 Å². The van der Waals surface area contributed by atoms with Crippen LogP contribution in [0.5, 0.6) is 5.75 Å². The lowest BCUT2D eigenvalue weighted by Crippen LogP contribution is -1.90. The Morgan fingerprint density at radius 3 is 2.76 bits per heavy atom. The molecule has 2 aromatic rings. The molecule has 0 atom stereocenters. The number of nitrogens with zero attached hydrogens (tertiary/aromatic N) is 1. The van der Waals surface area contributed by atoms with Crippen molar-refractivity contribution in [2.24, 2.45) is 0 Å². The Kier molecular flexibility index (Phi) is 3.54. The van der Waals surface area contributed by atoms with Gasteiger partial charge >= 0.3 is 0 Å². The summed E-state index contributed by atoms with van der Waals surface area (Å²) in [4.78, 5) is 5.65. The third-order valence-corrected chi connectivity index (χ3v) is 3.65. The van der Waals surface area contributed by atoms with Crippen LogP contribution in [-0.4, -0.2) is 19.1 Å². The molecule has 0 saturated carbocycles. The van der Waals surface area contributed by atoms with Crippen molar-refractivity contribution in [3.8, 4) is 17.0 Å². The van der Waals surface area contributed by atoms with Gasteiger partial charge in [-0.2, -0.15) is 0 Å². The lowest BCUT2D eigenvalue weighted by Gasteiger charge is -2.07. The number of hydrogen-bond donors (Lipinski definition) is 1. The molecule has 0 aliphatic heterocycles. The maximum atomic E-state index is 6.02. The molecule has 3 nitrogen and oxygen atoms in total. The molecule has 1 aromatic carbocycles. The van der Waals surface area contributed by atoms with E-state index in [9.17, 15) is 0 Å². The summed E-state index contributed by atoms with van der Waals surface area (Å²) in [7, 11) is 3.50. The highest BCUT2D eigenvalue weighted by Gasteiger charge is 2.14. The van der Waals surface area contributed by atoms with E-state index in [0.29, 0.717) is 5.02 Å². The number of nitrogens with one attached hydrogen (secondary N) is 1. The maximum Gasteiger partial charge on any atom is 0.183 e. The van der Waals surface area contributed by atoms with Gasteiger partial charge in [-0.15, -0.1) is 11.3 Å². The van der Waals surface area contributed by atoms with E-state index in [2.05, 4.69) is 10.3 Å². The minimum Gasteiger partial charge on any atom is -0.496 e. The van der Waals surface area contributed by atoms with Gasteiger partial charge in [0, 0.05) is 22.5 Å². The predicted octanol–water partition coefficient (Wildman–Crippen LogP) is 3.82. The molecule has 0 spiro atoms. The van der Waals surface area contributed by atoms with Gasteiger partial charge in [0.05, 0.1) is 12.8 Å². The molecule has 2 rings (SSSR count). The first-order valence-electron chi connectivity index (χ1n) is 5.14. The number of benzene rings is 1. The van der Waals surface area contributed by atoms with Gasteiger partial charge in [-0.05, 0) is 25.1 Å². The number of thiazole rings is 1. The Hall–Kier alpha value is -1.26. The van der Waals surface area contributed by atoms with Crippen LogP contribution >= 0.6 is 22.9 Å². The number of aryl methyl sites for hydroxylation is 1. The average Bonchev–Trinajstić information content (AvgIpc) is 2.70. The fraction of sp³-hybridized carbons (Fsp3) is 0.250. The van der Waals surface area contributed by atoms with E-state index in [-0.39, 0.29) is 0 Å². The maximum absolute atomic E-state index is 6.02. The summed E-state index contributed by atoms with van der Waals surface area (Å²) in [6.45, 7) is 2.04. The molecule has 0 unspecified atom stereocenters. The molecule has 5 heteroatoms. The van der Waals surface area contributed by atoms with Crippen molar-refractivity contribution in [3.63, 3.8) is 0 Å². The molecule has 0 aliphatic rings. The summed E-state index contributed by atoms with van der Waals surface area (Å²) in [5.41, 5.74) is 1.84. The largest absolute Gasteiger partial charge is 0.496 e. The minimum absolute atomic E-state index is 0.680. The van der Waals surface area contributed by atoms with Crippen LogP contribution in [0.3, 0.4) is 0 Å². The first-order valence-corrected chi connectivity index (χ1v) is 6.34. The van der Waals surface area contributed by atoms with Crippen molar-refractivity contribution in [3.05, 3.63) is 28.1 Å². The average molecular weight is 269 g/mol. The third-order valence-electron chi connectivity index (χ3n) is 2.43. The summed E-state index contributed by atoms with van der Waals surface area (Å²) in [5.74, 6) is 0.783. The highest BCUT2D eigenvalue weighted by atomic mass is 35.5. The molecule has 0 amide bonds. The van der Waals surface area contributed by atoms with E-state index in [1.165, 1.54) is 0 Å². The lowest BCUT2D eigenvalue weighted by atomic mass is 10.1. The normalized spacial score (nSPS) is 10.4. The van der Waals surface area contributed by atoms with Gasteiger partial charge in [-0.1, -0.05) is 11.6 Å². The zero-order chi connectivity index (χ0) is 12.4. The molecule has 0 saturated heterocycles. The van der Waals surface area contributed by atoms with Crippen LogP contribution in [0.4, 0.5) is 5.13 Å². The summed E-state index contributed by atoms with van der Waals surface area (Å²) in [5, 5.41) is 4.61. The Morgan fingerprint density at radius 2 is 2.18 bits per heavy atom. The minimum atomic E-state index is 0.680. The summed E-state index contributed by atoms with van der Waals surface area (Å²) in [6, 6.07) is 5.54. The number of halogens is 1. The Bertz CT molecular complexity index is 539. The lowest BCUT2D eigenvalue weighted by molar-refractivity contribution is 0.416. The fourth-order valence-corrected chi connectivity index (χ4v) is 2.57. The molecule has 0 aliphatic carbocycles. The van der Waals surface area contributed by atoms with Crippen molar-refractivity contribution in [1.29, 1.82) is 0 Å². The van der Waals surface area contributed by atoms with Crippen molar-refractivity contribution >= 4 is 28.1 Å². The molecule has 0 radical (unpaired) electrons. The van der Waals surface area contributed by atoms with E-state index in [1.54, 1.807) is 18.4 Å². The van der Waals surface area contributed by atoms with Gasteiger partial charge in [0.25, 0.3) is 0 Å². The molecule has 0 fully saturated rings. The Balaban J connectivity index is 2.58. The number of anilines is 1. The number of hydrogen-bond acceptors (Lipinski definition) is 4. The highest BCUT2D eigenvalue weighted by Crippen LogP contribution is 2.37. The smallest absolute Gasteiger partial charge is 0.183 e. The van der Waals surface area contributed by atoms with E-state index in [0.717, 1.165) is 27.0 Å².